The summed E-state index contributed by atoms with van der Waals surface area (Å²) in [6.45, 7) is 0.905. The molecule has 0 saturated heterocycles. The van der Waals surface area contributed by atoms with Crippen molar-refractivity contribution in [3.05, 3.63) is 94.7 Å². The lowest BCUT2D eigenvalue weighted by molar-refractivity contribution is -0.139. The number of para-hydroxylation sites is 1. The molecule has 184 valence electrons. The van der Waals surface area contributed by atoms with Gasteiger partial charge >= 0.3 is 0 Å². The number of hydrogen-bond donors (Lipinski definition) is 1. The van der Waals surface area contributed by atoms with Crippen molar-refractivity contribution < 1.29 is 22.4 Å². The fraction of sp³-hybridized carbons (Fsp3) is 0.200. The van der Waals surface area contributed by atoms with E-state index >= 15 is 0 Å². The summed E-state index contributed by atoms with van der Waals surface area (Å²) < 4.78 is 43.4. The Balaban J connectivity index is 2.03. The molecule has 1 unspecified atom stereocenters. The molecular weight excluding hydrogens is 537 g/mol. The molecule has 2 amide bonds. The molecule has 0 saturated carbocycles. The van der Waals surface area contributed by atoms with Gasteiger partial charge in [-0.15, -0.1) is 0 Å². The minimum absolute atomic E-state index is 0.0528. The van der Waals surface area contributed by atoms with E-state index in [1.807, 2.05) is 0 Å². The van der Waals surface area contributed by atoms with Crippen LogP contribution < -0.4 is 9.62 Å². The van der Waals surface area contributed by atoms with Crippen molar-refractivity contribution in [2.75, 3.05) is 17.9 Å². The third-order valence-corrected chi connectivity index (χ3v) is 7.71. The Bertz CT molecular complexity index is 1290. The number of hydrogen-bond acceptors (Lipinski definition) is 4. The Morgan fingerprint density at radius 1 is 0.971 bits per heavy atom. The third-order valence-electron chi connectivity index (χ3n) is 5.41. The molecule has 0 aliphatic rings. The van der Waals surface area contributed by atoms with Gasteiger partial charge in [-0.25, -0.2) is 12.8 Å². The Hall–Kier alpha value is -3.24. The van der Waals surface area contributed by atoms with Gasteiger partial charge in [-0.1, -0.05) is 58.4 Å². The summed E-state index contributed by atoms with van der Waals surface area (Å²) >= 11 is 3.36. The van der Waals surface area contributed by atoms with Crippen LogP contribution in [0.1, 0.15) is 12.5 Å². The standard InChI is InChI=1S/C25H25BrFN3O4S/c1-18(25(32)28-2)29(16-19-12-14-20(26)15-13-19)24(31)17-30(23-11-7-6-10-22(23)27)35(33,34)21-8-4-3-5-9-21/h3-15,18H,16-17H2,1-2H3,(H,28,32). The number of nitrogens with one attached hydrogen (secondary N) is 1. The molecular formula is C25H25BrFN3O4S. The number of halogens is 2. The molecule has 0 aliphatic carbocycles. The van der Waals surface area contributed by atoms with Gasteiger partial charge in [0.15, 0.2) is 0 Å². The largest absolute Gasteiger partial charge is 0.357 e. The molecule has 35 heavy (non-hydrogen) atoms. The van der Waals surface area contributed by atoms with E-state index < -0.39 is 40.2 Å². The summed E-state index contributed by atoms with van der Waals surface area (Å²) in [5, 5.41) is 2.51. The number of sulfonamides is 1. The van der Waals surface area contributed by atoms with Crippen molar-refractivity contribution in [3.8, 4) is 0 Å². The second-order valence-electron chi connectivity index (χ2n) is 7.71. The summed E-state index contributed by atoms with van der Waals surface area (Å²) in [5.74, 6) is -1.87. The van der Waals surface area contributed by atoms with Crippen LogP contribution in [0.25, 0.3) is 0 Å². The van der Waals surface area contributed by atoms with E-state index in [-0.39, 0.29) is 17.1 Å². The van der Waals surface area contributed by atoms with Gasteiger partial charge < -0.3 is 10.2 Å². The van der Waals surface area contributed by atoms with E-state index in [4.69, 9.17) is 0 Å². The van der Waals surface area contributed by atoms with Crippen molar-refractivity contribution in [3.63, 3.8) is 0 Å². The van der Waals surface area contributed by atoms with Gasteiger partial charge in [0, 0.05) is 18.1 Å². The highest BCUT2D eigenvalue weighted by Gasteiger charge is 2.33. The van der Waals surface area contributed by atoms with Gasteiger partial charge in [-0.2, -0.15) is 0 Å². The van der Waals surface area contributed by atoms with E-state index in [1.54, 1.807) is 49.4 Å². The van der Waals surface area contributed by atoms with Gasteiger partial charge in [0.1, 0.15) is 18.4 Å². The van der Waals surface area contributed by atoms with E-state index in [1.165, 1.54) is 42.3 Å². The van der Waals surface area contributed by atoms with E-state index in [0.717, 1.165) is 20.4 Å². The molecule has 0 bridgehead atoms. The number of rotatable bonds is 9. The number of likely N-dealkylation sites (N-methyl/N-ethyl adjacent to an activating group) is 1. The molecule has 0 radical (unpaired) electrons. The van der Waals surface area contributed by atoms with Crippen LogP contribution in [0.15, 0.2) is 88.2 Å². The normalized spacial score (nSPS) is 12.0. The van der Waals surface area contributed by atoms with Gasteiger partial charge in [-0.3, -0.25) is 13.9 Å². The van der Waals surface area contributed by atoms with E-state index in [9.17, 15) is 22.4 Å². The maximum absolute atomic E-state index is 14.8. The van der Waals surface area contributed by atoms with Crippen molar-refractivity contribution >= 4 is 43.5 Å². The smallest absolute Gasteiger partial charge is 0.264 e. The second-order valence-corrected chi connectivity index (χ2v) is 10.5. The third kappa shape index (κ3) is 6.26. The highest BCUT2D eigenvalue weighted by Crippen LogP contribution is 2.27. The first-order valence-electron chi connectivity index (χ1n) is 10.7. The first-order valence-corrected chi connectivity index (χ1v) is 13.0. The average Bonchev–Trinajstić information content (AvgIpc) is 2.86. The van der Waals surface area contributed by atoms with Gasteiger partial charge in [0.05, 0.1) is 10.6 Å². The maximum Gasteiger partial charge on any atom is 0.264 e. The first kappa shape index (κ1) is 26.4. The quantitative estimate of drug-likeness (QED) is 0.428. The Labute approximate surface area is 212 Å². The van der Waals surface area contributed by atoms with Gasteiger partial charge in [-0.05, 0) is 48.9 Å². The van der Waals surface area contributed by atoms with Crippen LogP contribution in [0, 0.1) is 5.82 Å². The molecule has 1 atom stereocenters. The van der Waals surface area contributed by atoms with Crippen LogP contribution >= 0.6 is 15.9 Å². The summed E-state index contributed by atoms with van der Waals surface area (Å²) in [4.78, 5) is 27.2. The topological polar surface area (TPSA) is 86.8 Å². The molecule has 0 spiro atoms. The number of carbonyl (C=O) groups is 2. The zero-order chi connectivity index (χ0) is 25.6. The molecule has 7 nitrogen and oxygen atoms in total. The number of nitrogens with zero attached hydrogens (tertiary/aromatic N) is 2. The lowest BCUT2D eigenvalue weighted by Crippen LogP contribution is -2.50. The van der Waals surface area contributed by atoms with Crippen molar-refractivity contribution in [1.29, 1.82) is 0 Å². The number of benzene rings is 3. The Morgan fingerprint density at radius 3 is 2.17 bits per heavy atom. The second kappa shape index (κ2) is 11.5. The molecule has 10 heteroatoms. The summed E-state index contributed by atoms with van der Waals surface area (Å²) in [6, 6.07) is 19.1. The van der Waals surface area contributed by atoms with Crippen LogP contribution in [0.2, 0.25) is 0 Å². The van der Waals surface area contributed by atoms with Crippen molar-refractivity contribution in [2.45, 2.75) is 24.4 Å². The van der Waals surface area contributed by atoms with Crippen LogP contribution in [0.3, 0.4) is 0 Å². The Kier molecular flexibility index (Phi) is 8.63. The fourth-order valence-electron chi connectivity index (χ4n) is 3.47. The van der Waals surface area contributed by atoms with Crippen LogP contribution in [-0.2, 0) is 26.2 Å². The van der Waals surface area contributed by atoms with E-state index in [2.05, 4.69) is 21.2 Å². The molecule has 0 aliphatic heterocycles. The average molecular weight is 562 g/mol. The molecule has 0 heterocycles. The highest BCUT2D eigenvalue weighted by molar-refractivity contribution is 9.10. The minimum Gasteiger partial charge on any atom is -0.357 e. The van der Waals surface area contributed by atoms with Gasteiger partial charge in [0.2, 0.25) is 11.8 Å². The first-order chi connectivity index (χ1) is 16.6. The highest BCUT2D eigenvalue weighted by atomic mass is 79.9. The SMILES string of the molecule is CNC(=O)C(C)N(Cc1ccc(Br)cc1)C(=O)CN(c1ccccc1F)S(=O)(=O)c1ccccc1. The molecule has 0 fully saturated rings. The molecule has 1 N–H and O–H groups in total. The minimum atomic E-state index is -4.30. The van der Waals surface area contributed by atoms with Crippen LogP contribution in [-0.4, -0.2) is 44.8 Å². The zero-order valence-corrected chi connectivity index (χ0v) is 21.6. The molecule has 0 aromatic heterocycles. The fourth-order valence-corrected chi connectivity index (χ4v) is 5.17. The van der Waals surface area contributed by atoms with Crippen LogP contribution in [0.5, 0.6) is 0 Å². The van der Waals surface area contributed by atoms with Crippen molar-refractivity contribution in [2.24, 2.45) is 0 Å². The number of anilines is 1. The van der Waals surface area contributed by atoms with Crippen LogP contribution in [0.4, 0.5) is 10.1 Å². The summed E-state index contributed by atoms with van der Waals surface area (Å²) in [6.07, 6.45) is 0. The Morgan fingerprint density at radius 2 is 1.57 bits per heavy atom. The monoisotopic (exact) mass is 561 g/mol. The molecule has 3 aromatic carbocycles. The molecule has 3 rings (SSSR count). The van der Waals surface area contributed by atoms with Crippen molar-refractivity contribution in [1.82, 2.24) is 10.2 Å². The van der Waals surface area contributed by atoms with E-state index in [0.29, 0.717) is 0 Å². The summed E-state index contributed by atoms with van der Waals surface area (Å²) in [5.41, 5.74) is 0.474. The summed E-state index contributed by atoms with van der Waals surface area (Å²) in [7, 11) is -2.85. The predicted molar refractivity (Wildman–Crippen MR) is 136 cm³/mol. The predicted octanol–water partition coefficient (Wildman–Crippen LogP) is 3.95. The lowest BCUT2D eigenvalue weighted by Gasteiger charge is -2.31. The van der Waals surface area contributed by atoms with Gasteiger partial charge in [0.25, 0.3) is 10.0 Å². The molecule has 3 aromatic rings. The zero-order valence-electron chi connectivity index (χ0n) is 19.2. The number of amides is 2. The maximum atomic E-state index is 14.8. The lowest BCUT2D eigenvalue weighted by atomic mass is 10.1. The number of carbonyl (C=O) groups excluding carboxylic acids is 2.